The first-order valence-corrected chi connectivity index (χ1v) is 6.79. The highest BCUT2D eigenvalue weighted by Crippen LogP contribution is 2.18. The van der Waals surface area contributed by atoms with Crippen LogP contribution in [0.4, 0.5) is 0 Å². The van der Waals surface area contributed by atoms with Gasteiger partial charge in [-0.1, -0.05) is 18.2 Å². The Labute approximate surface area is 116 Å². The molecule has 19 heavy (non-hydrogen) atoms. The highest BCUT2D eigenvalue weighted by molar-refractivity contribution is 5.36. The van der Waals surface area contributed by atoms with Crippen LogP contribution in [0.25, 0.3) is 0 Å². The molecule has 1 aliphatic carbocycles. The molecule has 2 rings (SSSR count). The Morgan fingerprint density at radius 1 is 1.11 bits per heavy atom. The average molecular weight is 260 g/mol. The summed E-state index contributed by atoms with van der Waals surface area (Å²) in [6, 6.07) is 6.60. The molecule has 0 atom stereocenters. The van der Waals surface area contributed by atoms with Gasteiger partial charge in [-0.05, 0) is 57.2 Å². The summed E-state index contributed by atoms with van der Waals surface area (Å²) < 4.78 is 0. The van der Waals surface area contributed by atoms with E-state index in [0.717, 1.165) is 25.7 Å². The van der Waals surface area contributed by atoms with Gasteiger partial charge in [0.2, 0.25) is 0 Å². The van der Waals surface area contributed by atoms with E-state index in [1.807, 2.05) is 0 Å². The molecule has 1 aliphatic rings. The summed E-state index contributed by atoms with van der Waals surface area (Å²) in [5.74, 6) is 6.40. The van der Waals surface area contributed by atoms with Crippen LogP contribution in [0, 0.1) is 18.8 Å². The lowest BCUT2D eigenvalue weighted by Gasteiger charge is -2.11. The van der Waals surface area contributed by atoms with Gasteiger partial charge in [0.1, 0.15) is 0 Å². The minimum Gasteiger partial charge on any atom is -0.251 e. The number of rotatable bonds is 0. The monoisotopic (exact) mass is 260 g/mol. The molecule has 2 heteroatoms. The van der Waals surface area contributed by atoms with Gasteiger partial charge in [-0.3, -0.25) is 5.26 Å². The Hall–Kier alpha value is -1.30. The highest BCUT2D eigenvalue weighted by atomic mass is 17.1. The second-order valence-electron chi connectivity index (χ2n) is 5.77. The molecule has 0 saturated heterocycles. The van der Waals surface area contributed by atoms with E-state index in [1.54, 1.807) is 20.8 Å². The minimum absolute atomic E-state index is 0.403. The summed E-state index contributed by atoms with van der Waals surface area (Å²) in [6.07, 6.45) is 4.31. The largest absolute Gasteiger partial charge is 0.251 e. The first-order valence-electron chi connectivity index (χ1n) is 6.79. The number of benzene rings is 1. The maximum absolute atomic E-state index is 7.90. The molecule has 0 fully saturated rings. The average Bonchev–Trinajstić information content (AvgIpc) is 2.31. The normalized spacial score (nSPS) is 13.9. The predicted molar refractivity (Wildman–Crippen MR) is 79.1 cm³/mol. The van der Waals surface area contributed by atoms with Crippen LogP contribution in [0.2, 0.25) is 0 Å². The van der Waals surface area contributed by atoms with Crippen LogP contribution in [0.3, 0.4) is 0 Å². The molecule has 0 bridgehead atoms. The molecule has 0 unspecified atom stereocenters. The number of hydrogen-bond donors (Lipinski definition) is 1. The lowest BCUT2D eigenvalue weighted by molar-refractivity contribution is -0.306. The molecule has 0 amide bonds. The molecule has 1 N–H and O–H groups in total. The van der Waals surface area contributed by atoms with Gasteiger partial charge in [-0.15, -0.1) is 11.8 Å². The summed E-state index contributed by atoms with van der Waals surface area (Å²) in [7, 11) is 0. The van der Waals surface area contributed by atoms with Gasteiger partial charge in [0.25, 0.3) is 0 Å². The zero-order chi connectivity index (χ0) is 14.3. The fraction of sp³-hybridized carbons (Fsp3) is 0.529. The van der Waals surface area contributed by atoms with Crippen molar-refractivity contribution in [2.45, 2.75) is 59.0 Å². The first kappa shape index (κ1) is 15.8. The number of hydrogen-bond acceptors (Lipinski definition) is 2. The molecule has 0 aromatic heterocycles. The van der Waals surface area contributed by atoms with Gasteiger partial charge < -0.3 is 0 Å². The predicted octanol–water partition coefficient (Wildman–Crippen LogP) is 4.15. The van der Waals surface area contributed by atoms with Crippen molar-refractivity contribution in [3.63, 3.8) is 0 Å². The summed E-state index contributed by atoms with van der Waals surface area (Å²) in [4.78, 5) is 3.94. The summed E-state index contributed by atoms with van der Waals surface area (Å²) in [5.41, 5.74) is 4.08. The maximum Gasteiger partial charge on any atom is 0.0949 e. The summed E-state index contributed by atoms with van der Waals surface area (Å²) >= 11 is 0. The molecule has 1 aromatic rings. The Balaban J connectivity index is 0.000000258. The molecular formula is C17H24O2. The van der Waals surface area contributed by atoms with Gasteiger partial charge in [-0.25, -0.2) is 4.89 Å². The Bertz CT molecular complexity index is 458. The topological polar surface area (TPSA) is 29.5 Å². The molecule has 0 spiro atoms. The second-order valence-corrected chi connectivity index (χ2v) is 5.77. The van der Waals surface area contributed by atoms with E-state index in [2.05, 4.69) is 41.9 Å². The van der Waals surface area contributed by atoms with Crippen molar-refractivity contribution in [2.75, 3.05) is 0 Å². The second kappa shape index (κ2) is 7.33. The fourth-order valence-corrected chi connectivity index (χ4v) is 1.92. The van der Waals surface area contributed by atoms with Crippen molar-refractivity contribution in [3.05, 3.63) is 34.9 Å². The van der Waals surface area contributed by atoms with Crippen LogP contribution in [0.5, 0.6) is 0 Å². The van der Waals surface area contributed by atoms with Crippen LogP contribution in [-0.4, -0.2) is 10.9 Å². The molecule has 1 aromatic carbocycles. The minimum atomic E-state index is -0.403. The van der Waals surface area contributed by atoms with Crippen LogP contribution in [0.15, 0.2) is 18.2 Å². The van der Waals surface area contributed by atoms with E-state index in [4.69, 9.17) is 5.26 Å². The van der Waals surface area contributed by atoms with Crippen LogP contribution in [-0.2, 0) is 17.7 Å². The zero-order valence-corrected chi connectivity index (χ0v) is 12.4. The third-order valence-electron chi connectivity index (χ3n) is 2.93. The highest BCUT2D eigenvalue weighted by Gasteiger charge is 2.07. The van der Waals surface area contributed by atoms with E-state index in [-0.39, 0.29) is 0 Å². The molecule has 0 heterocycles. The van der Waals surface area contributed by atoms with Gasteiger partial charge in [0.15, 0.2) is 0 Å². The first-order chi connectivity index (χ1) is 8.94. The van der Waals surface area contributed by atoms with E-state index in [1.165, 1.54) is 16.7 Å². The van der Waals surface area contributed by atoms with Crippen molar-refractivity contribution >= 4 is 0 Å². The van der Waals surface area contributed by atoms with Gasteiger partial charge in [0, 0.05) is 12.8 Å². The Morgan fingerprint density at radius 3 is 2.26 bits per heavy atom. The molecular weight excluding hydrogens is 236 g/mol. The quantitative estimate of drug-likeness (QED) is 0.431. The SMILES string of the molecule is CC(C)(C)OO.Cc1cccc2c1CCC#CCC2. The molecule has 0 aliphatic heterocycles. The van der Waals surface area contributed by atoms with Gasteiger partial charge >= 0.3 is 0 Å². The lowest BCUT2D eigenvalue weighted by atomic mass is 9.94. The van der Waals surface area contributed by atoms with Crippen LogP contribution in [0.1, 0.15) is 50.3 Å². The Morgan fingerprint density at radius 2 is 1.68 bits per heavy atom. The molecule has 0 radical (unpaired) electrons. The number of fused-ring (bicyclic) bond motifs is 1. The standard InChI is InChI=1S/C13H14.C4H10O2/c1-11-7-6-9-12-8-4-2-3-5-10-13(11)12;1-4(2,3)6-5/h6-7,9H,4-5,8,10H2,1H3;5H,1-3H3. The van der Waals surface area contributed by atoms with E-state index >= 15 is 0 Å². The smallest absolute Gasteiger partial charge is 0.0949 e. The van der Waals surface area contributed by atoms with Crippen LogP contribution < -0.4 is 0 Å². The van der Waals surface area contributed by atoms with E-state index in [0.29, 0.717) is 0 Å². The van der Waals surface area contributed by atoms with Crippen molar-refractivity contribution in [1.82, 2.24) is 0 Å². The van der Waals surface area contributed by atoms with Gasteiger partial charge in [-0.2, -0.15) is 0 Å². The van der Waals surface area contributed by atoms with Crippen molar-refractivity contribution in [1.29, 1.82) is 0 Å². The fourth-order valence-electron chi connectivity index (χ4n) is 1.92. The molecule has 104 valence electrons. The Kier molecular flexibility index (Phi) is 6.08. The van der Waals surface area contributed by atoms with Crippen LogP contribution >= 0.6 is 0 Å². The number of aryl methyl sites for hydroxylation is 2. The van der Waals surface area contributed by atoms with Crippen molar-refractivity contribution < 1.29 is 10.1 Å². The van der Waals surface area contributed by atoms with Crippen molar-refractivity contribution in [2.24, 2.45) is 0 Å². The third kappa shape index (κ3) is 5.92. The zero-order valence-electron chi connectivity index (χ0n) is 12.4. The van der Waals surface area contributed by atoms with Gasteiger partial charge in [0.05, 0.1) is 5.60 Å². The lowest BCUT2D eigenvalue weighted by Crippen LogP contribution is -2.15. The molecule has 0 saturated carbocycles. The summed E-state index contributed by atoms with van der Waals surface area (Å²) in [5, 5.41) is 7.90. The summed E-state index contributed by atoms with van der Waals surface area (Å²) in [6.45, 7) is 7.51. The van der Waals surface area contributed by atoms with E-state index in [9.17, 15) is 0 Å². The maximum atomic E-state index is 7.90. The van der Waals surface area contributed by atoms with Crippen molar-refractivity contribution in [3.8, 4) is 11.8 Å². The molecule has 2 nitrogen and oxygen atoms in total. The van der Waals surface area contributed by atoms with E-state index < -0.39 is 5.60 Å². The third-order valence-corrected chi connectivity index (χ3v) is 2.93.